The smallest absolute Gasteiger partial charge is 0.180 e. The Morgan fingerprint density at radius 2 is 2.00 bits per heavy atom. The summed E-state index contributed by atoms with van der Waals surface area (Å²) in [5.41, 5.74) is 5.85. The summed E-state index contributed by atoms with van der Waals surface area (Å²) in [6.07, 6.45) is 4.38. The van der Waals surface area contributed by atoms with Crippen LogP contribution in [0.15, 0.2) is 0 Å². The molecule has 1 fully saturated rings. The number of hydrogen-bond acceptors (Lipinski definition) is 4. The van der Waals surface area contributed by atoms with Gasteiger partial charge >= 0.3 is 0 Å². The van der Waals surface area contributed by atoms with Crippen LogP contribution in [-0.4, -0.2) is 39.3 Å². The number of nitrogens with two attached hydrogens (primary N) is 1. The molecule has 0 heterocycles. The highest BCUT2D eigenvalue weighted by atomic mass is 16.7. The molecule has 1 saturated carbocycles. The van der Waals surface area contributed by atoms with E-state index >= 15 is 0 Å². The van der Waals surface area contributed by atoms with Crippen LogP contribution in [0, 0.1) is 0 Å². The predicted molar refractivity (Wildman–Crippen MR) is 54.0 cm³/mol. The molecule has 0 bridgehead atoms. The van der Waals surface area contributed by atoms with E-state index in [0.29, 0.717) is 12.6 Å². The van der Waals surface area contributed by atoms with Gasteiger partial charge in [-0.3, -0.25) is 0 Å². The Morgan fingerprint density at radius 3 is 2.57 bits per heavy atom. The molecule has 4 nitrogen and oxygen atoms in total. The molecule has 84 valence electrons. The fourth-order valence-corrected chi connectivity index (χ4v) is 1.78. The van der Waals surface area contributed by atoms with E-state index in [4.69, 9.17) is 19.9 Å². The van der Waals surface area contributed by atoms with Gasteiger partial charge in [-0.15, -0.1) is 0 Å². The third-order valence-corrected chi connectivity index (χ3v) is 2.66. The molecular weight excluding hydrogens is 182 g/mol. The number of rotatable bonds is 5. The summed E-state index contributed by atoms with van der Waals surface area (Å²) in [7, 11) is 3.23. The van der Waals surface area contributed by atoms with Crippen LogP contribution in [0.4, 0.5) is 0 Å². The minimum Gasteiger partial charge on any atom is -0.373 e. The third kappa shape index (κ3) is 3.92. The second kappa shape index (κ2) is 6.35. The van der Waals surface area contributed by atoms with E-state index in [9.17, 15) is 0 Å². The van der Waals surface area contributed by atoms with Crippen molar-refractivity contribution in [2.75, 3.05) is 20.8 Å². The van der Waals surface area contributed by atoms with E-state index in [1.807, 2.05) is 0 Å². The fourth-order valence-electron chi connectivity index (χ4n) is 1.78. The van der Waals surface area contributed by atoms with Crippen molar-refractivity contribution in [2.45, 2.75) is 44.1 Å². The Hall–Kier alpha value is -0.160. The molecule has 2 N–H and O–H groups in total. The van der Waals surface area contributed by atoms with Gasteiger partial charge in [0, 0.05) is 20.3 Å². The minimum absolute atomic E-state index is 0.256. The van der Waals surface area contributed by atoms with Crippen LogP contribution in [0.25, 0.3) is 0 Å². The number of hydrogen-bond donors (Lipinski definition) is 1. The monoisotopic (exact) mass is 203 g/mol. The zero-order chi connectivity index (χ0) is 10.4. The lowest BCUT2D eigenvalue weighted by atomic mass is 9.94. The van der Waals surface area contributed by atoms with Gasteiger partial charge in [0.05, 0.1) is 12.7 Å². The van der Waals surface area contributed by atoms with Crippen LogP contribution in [0.1, 0.15) is 25.7 Å². The van der Waals surface area contributed by atoms with Gasteiger partial charge in [-0.25, -0.2) is 0 Å². The highest BCUT2D eigenvalue weighted by Gasteiger charge is 2.20. The van der Waals surface area contributed by atoms with E-state index in [1.54, 1.807) is 14.2 Å². The normalized spacial score (nSPS) is 28.3. The van der Waals surface area contributed by atoms with Crippen LogP contribution in [-0.2, 0) is 14.2 Å². The van der Waals surface area contributed by atoms with Crippen molar-refractivity contribution in [3.8, 4) is 0 Å². The molecule has 0 aromatic rings. The molecule has 0 spiro atoms. The summed E-state index contributed by atoms with van der Waals surface area (Å²) in [6, 6.07) is 0.303. The lowest BCUT2D eigenvalue weighted by molar-refractivity contribution is -0.154. The van der Waals surface area contributed by atoms with Crippen molar-refractivity contribution < 1.29 is 14.2 Å². The summed E-state index contributed by atoms with van der Waals surface area (Å²) in [4.78, 5) is 0. The summed E-state index contributed by atoms with van der Waals surface area (Å²) in [6.45, 7) is 0.490. The first-order chi connectivity index (χ1) is 6.76. The molecule has 0 aromatic carbocycles. The average Bonchev–Trinajstić information content (AvgIpc) is 2.19. The maximum absolute atomic E-state index is 5.85. The van der Waals surface area contributed by atoms with Crippen LogP contribution < -0.4 is 5.73 Å². The second-order valence-electron chi connectivity index (χ2n) is 3.78. The molecule has 1 aliphatic carbocycles. The zero-order valence-corrected chi connectivity index (χ0v) is 9.07. The van der Waals surface area contributed by atoms with Gasteiger partial charge in [-0.2, -0.15) is 0 Å². The van der Waals surface area contributed by atoms with E-state index < -0.39 is 0 Å². The van der Waals surface area contributed by atoms with Gasteiger partial charge in [0.2, 0.25) is 0 Å². The van der Waals surface area contributed by atoms with Gasteiger partial charge in [0.25, 0.3) is 0 Å². The summed E-state index contributed by atoms with van der Waals surface area (Å²) in [5, 5.41) is 0. The topological polar surface area (TPSA) is 53.7 Å². The van der Waals surface area contributed by atoms with Crippen molar-refractivity contribution in [3.05, 3.63) is 0 Å². The molecule has 1 aliphatic rings. The molecule has 0 aliphatic heterocycles. The van der Waals surface area contributed by atoms with Gasteiger partial charge < -0.3 is 19.9 Å². The maximum Gasteiger partial charge on any atom is 0.180 e. The zero-order valence-electron chi connectivity index (χ0n) is 9.07. The summed E-state index contributed by atoms with van der Waals surface area (Å²) >= 11 is 0. The van der Waals surface area contributed by atoms with Crippen LogP contribution in [0.2, 0.25) is 0 Å². The van der Waals surface area contributed by atoms with Crippen molar-refractivity contribution in [1.82, 2.24) is 0 Å². The third-order valence-electron chi connectivity index (χ3n) is 2.66. The van der Waals surface area contributed by atoms with Gasteiger partial charge in [-0.05, 0) is 25.7 Å². The van der Waals surface area contributed by atoms with Crippen molar-refractivity contribution in [1.29, 1.82) is 0 Å². The molecular formula is C10H21NO3. The highest BCUT2D eigenvalue weighted by molar-refractivity contribution is 4.75. The van der Waals surface area contributed by atoms with Crippen LogP contribution in [0.3, 0.4) is 0 Å². The Morgan fingerprint density at radius 1 is 1.29 bits per heavy atom. The van der Waals surface area contributed by atoms with Crippen LogP contribution >= 0.6 is 0 Å². The first-order valence-electron chi connectivity index (χ1n) is 5.19. The van der Waals surface area contributed by atoms with Crippen molar-refractivity contribution in [2.24, 2.45) is 5.73 Å². The Labute approximate surface area is 85.7 Å². The quantitative estimate of drug-likeness (QED) is 0.674. The molecule has 0 aromatic heterocycles. The molecule has 4 heteroatoms. The Kier molecular flexibility index (Phi) is 5.40. The van der Waals surface area contributed by atoms with Crippen LogP contribution in [0.5, 0.6) is 0 Å². The number of ether oxygens (including phenoxy) is 3. The number of methoxy groups -OCH3 is 2. The predicted octanol–water partition coefficient (Wildman–Crippen LogP) is 0.892. The lowest BCUT2D eigenvalue weighted by Gasteiger charge is -2.27. The lowest BCUT2D eigenvalue weighted by Crippen LogP contribution is -2.34. The van der Waals surface area contributed by atoms with E-state index in [-0.39, 0.29) is 12.4 Å². The SMILES string of the molecule is COC(COC1CCCC(N)C1)OC. The molecule has 1 rings (SSSR count). The first kappa shape index (κ1) is 11.9. The molecule has 2 unspecified atom stereocenters. The fraction of sp³-hybridized carbons (Fsp3) is 1.00. The molecule has 0 saturated heterocycles. The summed E-state index contributed by atoms with van der Waals surface area (Å²) in [5.74, 6) is 0. The van der Waals surface area contributed by atoms with E-state index in [0.717, 1.165) is 25.7 Å². The van der Waals surface area contributed by atoms with Gasteiger partial charge in [-0.1, -0.05) is 0 Å². The highest BCUT2D eigenvalue weighted by Crippen LogP contribution is 2.19. The molecule has 0 amide bonds. The van der Waals surface area contributed by atoms with Gasteiger partial charge in [0.1, 0.15) is 0 Å². The van der Waals surface area contributed by atoms with E-state index in [1.165, 1.54) is 0 Å². The minimum atomic E-state index is -0.256. The maximum atomic E-state index is 5.85. The van der Waals surface area contributed by atoms with Gasteiger partial charge in [0.15, 0.2) is 6.29 Å². The van der Waals surface area contributed by atoms with E-state index in [2.05, 4.69) is 0 Å². The molecule has 14 heavy (non-hydrogen) atoms. The second-order valence-corrected chi connectivity index (χ2v) is 3.78. The molecule has 2 atom stereocenters. The van der Waals surface area contributed by atoms with Crippen molar-refractivity contribution in [3.63, 3.8) is 0 Å². The standard InChI is InChI=1S/C10H21NO3/c1-12-10(13-2)7-14-9-5-3-4-8(11)6-9/h8-10H,3-7,11H2,1-2H3. The van der Waals surface area contributed by atoms with Crippen molar-refractivity contribution >= 4 is 0 Å². The average molecular weight is 203 g/mol. The Balaban J connectivity index is 2.16. The summed E-state index contributed by atoms with van der Waals surface area (Å²) < 4.78 is 15.7. The first-order valence-corrected chi connectivity index (χ1v) is 5.19. The molecule has 0 radical (unpaired) electrons. The Bertz CT molecular complexity index is 150. The largest absolute Gasteiger partial charge is 0.373 e.